The molecule has 0 saturated heterocycles. The van der Waals surface area contributed by atoms with E-state index in [4.69, 9.17) is 0 Å². The quantitative estimate of drug-likeness (QED) is 0.624. The number of sulfone groups is 1. The van der Waals surface area contributed by atoms with Gasteiger partial charge in [0.1, 0.15) is 0 Å². The molecular weight excluding hydrogens is 398 g/mol. The number of carbonyl (C=O) groups is 1. The molecule has 1 N–H and O–H groups in total. The van der Waals surface area contributed by atoms with Gasteiger partial charge >= 0.3 is 0 Å². The maximum Gasteiger partial charge on any atom is 0.251 e. The molecule has 7 heteroatoms. The second-order valence-corrected chi connectivity index (χ2v) is 9.57. The lowest BCUT2D eigenvalue weighted by Gasteiger charge is -2.18. The van der Waals surface area contributed by atoms with Gasteiger partial charge in [0.2, 0.25) is 0 Å². The van der Waals surface area contributed by atoms with Crippen LogP contribution in [-0.2, 0) is 16.4 Å². The Labute approximate surface area is 177 Å². The fraction of sp³-hybridized carbons (Fsp3) is 0.304. The highest BCUT2D eigenvalue weighted by molar-refractivity contribution is 7.90. The van der Waals surface area contributed by atoms with E-state index in [-0.39, 0.29) is 16.8 Å². The predicted molar refractivity (Wildman–Crippen MR) is 117 cm³/mol. The van der Waals surface area contributed by atoms with Crippen LogP contribution in [0.25, 0.3) is 0 Å². The van der Waals surface area contributed by atoms with E-state index < -0.39 is 9.84 Å². The molecule has 1 aromatic heterocycles. The summed E-state index contributed by atoms with van der Waals surface area (Å²) in [4.78, 5) is 13.0. The highest BCUT2D eigenvalue weighted by Gasteiger charge is 2.15. The van der Waals surface area contributed by atoms with E-state index in [0.717, 1.165) is 22.5 Å². The van der Waals surface area contributed by atoms with E-state index in [0.29, 0.717) is 18.5 Å². The van der Waals surface area contributed by atoms with Gasteiger partial charge in [-0.05, 0) is 61.7 Å². The molecule has 0 saturated carbocycles. The number of nitrogens with one attached hydrogen (secondary N) is 1. The fourth-order valence-electron chi connectivity index (χ4n) is 3.38. The minimum absolute atomic E-state index is 0.160. The minimum atomic E-state index is -3.24. The second-order valence-electron chi connectivity index (χ2n) is 7.56. The van der Waals surface area contributed by atoms with Crippen molar-refractivity contribution < 1.29 is 13.2 Å². The zero-order valence-corrected chi connectivity index (χ0v) is 18.5. The fourth-order valence-corrected chi connectivity index (χ4v) is 4.01. The largest absolute Gasteiger partial charge is 0.345 e. The molecule has 0 aliphatic carbocycles. The molecule has 0 aliphatic heterocycles. The van der Waals surface area contributed by atoms with Gasteiger partial charge in [-0.1, -0.05) is 31.2 Å². The smallest absolute Gasteiger partial charge is 0.251 e. The summed E-state index contributed by atoms with van der Waals surface area (Å²) in [6, 6.07) is 16.0. The van der Waals surface area contributed by atoms with Crippen molar-refractivity contribution in [3.8, 4) is 0 Å². The number of aromatic nitrogens is 2. The van der Waals surface area contributed by atoms with Gasteiger partial charge in [-0.15, -0.1) is 0 Å². The summed E-state index contributed by atoms with van der Waals surface area (Å²) >= 11 is 0. The molecule has 3 rings (SSSR count). The van der Waals surface area contributed by atoms with Crippen molar-refractivity contribution in [3.63, 3.8) is 0 Å². The van der Waals surface area contributed by atoms with Gasteiger partial charge in [0.05, 0.1) is 23.2 Å². The third-order valence-corrected chi connectivity index (χ3v) is 6.20. The molecule has 1 amide bonds. The van der Waals surface area contributed by atoms with Crippen LogP contribution in [0.1, 0.15) is 52.3 Å². The normalized spacial score (nSPS) is 12.5. The maximum atomic E-state index is 12.7. The Kier molecular flexibility index (Phi) is 6.41. The Morgan fingerprint density at radius 1 is 1.07 bits per heavy atom. The highest BCUT2D eigenvalue weighted by Crippen LogP contribution is 2.20. The number of rotatable bonds is 7. The molecule has 0 spiro atoms. The first kappa shape index (κ1) is 21.8. The van der Waals surface area contributed by atoms with Gasteiger partial charge in [-0.3, -0.25) is 9.48 Å². The summed E-state index contributed by atoms with van der Waals surface area (Å²) in [5.41, 5.74) is 4.61. The number of carbonyl (C=O) groups excluding carboxylic acids is 1. The molecule has 0 bridgehead atoms. The van der Waals surface area contributed by atoms with Crippen LogP contribution in [-0.4, -0.2) is 30.4 Å². The summed E-state index contributed by atoms with van der Waals surface area (Å²) < 4.78 is 25.2. The molecule has 2 aromatic carbocycles. The minimum Gasteiger partial charge on any atom is -0.345 e. The van der Waals surface area contributed by atoms with Crippen LogP contribution in [0.15, 0.2) is 59.5 Å². The van der Waals surface area contributed by atoms with Crippen LogP contribution in [0.2, 0.25) is 0 Å². The number of amides is 1. The summed E-state index contributed by atoms with van der Waals surface area (Å²) in [5.74, 6) is -0.160. The van der Waals surface area contributed by atoms with Crippen molar-refractivity contribution in [2.24, 2.45) is 0 Å². The van der Waals surface area contributed by atoms with Crippen LogP contribution in [0.5, 0.6) is 0 Å². The number of aryl methyl sites for hydroxylation is 2. The molecule has 3 aromatic rings. The number of nitrogens with zero attached hydrogens (tertiary/aromatic N) is 2. The molecule has 0 radical (unpaired) electrons. The molecule has 1 heterocycles. The van der Waals surface area contributed by atoms with Crippen molar-refractivity contribution in [1.29, 1.82) is 0 Å². The Hall–Kier alpha value is -2.93. The van der Waals surface area contributed by atoms with E-state index in [1.54, 1.807) is 24.3 Å². The number of hydrogen-bond acceptors (Lipinski definition) is 4. The van der Waals surface area contributed by atoms with Crippen LogP contribution in [0, 0.1) is 13.8 Å². The summed E-state index contributed by atoms with van der Waals surface area (Å²) in [6.45, 7) is 6.63. The molecule has 6 nitrogen and oxygen atoms in total. The van der Waals surface area contributed by atoms with Crippen LogP contribution >= 0.6 is 0 Å². The highest BCUT2D eigenvalue weighted by atomic mass is 32.2. The van der Waals surface area contributed by atoms with Crippen LogP contribution < -0.4 is 5.32 Å². The van der Waals surface area contributed by atoms with E-state index in [1.165, 1.54) is 6.26 Å². The van der Waals surface area contributed by atoms with Gasteiger partial charge in [0.15, 0.2) is 9.84 Å². The Bertz CT molecular complexity index is 1130. The Morgan fingerprint density at radius 3 is 2.20 bits per heavy atom. The average molecular weight is 426 g/mol. The zero-order chi connectivity index (χ0) is 21.9. The summed E-state index contributed by atoms with van der Waals surface area (Å²) in [7, 11) is -3.24. The topological polar surface area (TPSA) is 81.1 Å². The Morgan fingerprint density at radius 2 is 1.70 bits per heavy atom. The molecule has 0 unspecified atom stereocenters. The number of benzene rings is 2. The lowest BCUT2D eigenvalue weighted by atomic mass is 10.0. The van der Waals surface area contributed by atoms with E-state index in [2.05, 4.69) is 10.4 Å². The third kappa shape index (κ3) is 5.16. The third-order valence-electron chi connectivity index (χ3n) is 5.08. The average Bonchev–Trinajstić information content (AvgIpc) is 3.02. The predicted octanol–water partition coefficient (Wildman–Crippen LogP) is 3.83. The van der Waals surface area contributed by atoms with Crippen LogP contribution in [0.3, 0.4) is 0 Å². The molecule has 30 heavy (non-hydrogen) atoms. The van der Waals surface area contributed by atoms with E-state index in [9.17, 15) is 13.2 Å². The lowest BCUT2D eigenvalue weighted by Crippen LogP contribution is -2.28. The standard InChI is InChI=1S/C23H27N3O3S/c1-5-22(19-10-12-21(13-11-19)30(4,28)29)24-23(27)20-8-6-18(7-9-20)15-26-17(3)14-16(2)25-26/h6-14,22H,5,15H2,1-4H3,(H,24,27)/t22-/m1/s1. The van der Waals surface area contributed by atoms with Crippen molar-refractivity contribution in [2.45, 2.75) is 44.7 Å². The molecule has 158 valence electrons. The van der Waals surface area contributed by atoms with Gasteiger partial charge in [-0.2, -0.15) is 5.10 Å². The van der Waals surface area contributed by atoms with Crippen molar-refractivity contribution in [3.05, 3.63) is 82.7 Å². The maximum absolute atomic E-state index is 12.7. The van der Waals surface area contributed by atoms with Crippen molar-refractivity contribution >= 4 is 15.7 Å². The van der Waals surface area contributed by atoms with Gasteiger partial charge in [0, 0.05) is 17.5 Å². The van der Waals surface area contributed by atoms with E-state index in [1.807, 2.05) is 55.8 Å². The molecule has 0 aliphatic rings. The zero-order valence-electron chi connectivity index (χ0n) is 17.7. The second kappa shape index (κ2) is 8.83. The molecular formula is C23H27N3O3S. The number of hydrogen-bond donors (Lipinski definition) is 1. The first-order valence-electron chi connectivity index (χ1n) is 9.88. The molecule has 1 atom stereocenters. The summed E-state index contributed by atoms with van der Waals surface area (Å²) in [6.07, 6.45) is 1.87. The lowest BCUT2D eigenvalue weighted by molar-refractivity contribution is 0.0935. The van der Waals surface area contributed by atoms with Gasteiger partial charge < -0.3 is 5.32 Å². The SMILES string of the molecule is CC[C@@H](NC(=O)c1ccc(Cn2nc(C)cc2C)cc1)c1ccc(S(C)(=O)=O)cc1. The van der Waals surface area contributed by atoms with Gasteiger partial charge in [0.25, 0.3) is 5.91 Å². The van der Waals surface area contributed by atoms with E-state index >= 15 is 0 Å². The first-order chi connectivity index (χ1) is 14.2. The van der Waals surface area contributed by atoms with Gasteiger partial charge in [-0.25, -0.2) is 8.42 Å². The summed E-state index contributed by atoms with van der Waals surface area (Å²) in [5, 5.41) is 7.50. The monoisotopic (exact) mass is 425 g/mol. The first-order valence-corrected chi connectivity index (χ1v) is 11.8. The van der Waals surface area contributed by atoms with Crippen molar-refractivity contribution in [2.75, 3.05) is 6.26 Å². The molecule has 0 fully saturated rings. The van der Waals surface area contributed by atoms with Crippen molar-refractivity contribution in [1.82, 2.24) is 15.1 Å². The van der Waals surface area contributed by atoms with Crippen LogP contribution in [0.4, 0.5) is 0 Å². The Balaban J connectivity index is 1.68.